The van der Waals surface area contributed by atoms with E-state index in [0.717, 1.165) is 42.7 Å². The zero-order chi connectivity index (χ0) is 28.7. The Morgan fingerprint density at radius 1 is 0.875 bits per heavy atom. The van der Waals surface area contributed by atoms with Crippen LogP contribution in [0.15, 0.2) is 24.3 Å². The smallest absolute Gasteiger partial charge is 0.226 e. The minimum absolute atomic E-state index is 0.0480. The number of anilines is 2. The molecule has 4 fully saturated rings. The molecule has 4 N–H and O–H groups in total. The molecular formula is C34H52N2O4. The Bertz CT molecular complexity index is 1060. The molecule has 0 aliphatic heterocycles. The summed E-state index contributed by atoms with van der Waals surface area (Å²) in [5.74, 6) is 4.23. The third-order valence-corrected chi connectivity index (χ3v) is 12.2. The van der Waals surface area contributed by atoms with Crippen LogP contribution in [0, 0.1) is 46.3 Å². The summed E-state index contributed by atoms with van der Waals surface area (Å²) in [7, 11) is 0. The van der Waals surface area contributed by atoms with Crippen molar-refractivity contribution < 1.29 is 19.8 Å². The highest BCUT2D eigenvalue weighted by Crippen LogP contribution is 2.68. The first-order valence-electron chi connectivity index (χ1n) is 16.1. The van der Waals surface area contributed by atoms with E-state index < -0.39 is 6.10 Å². The number of carbonyl (C=O) groups is 2. The molecule has 1 aromatic rings. The van der Waals surface area contributed by atoms with Gasteiger partial charge in [-0.15, -0.1) is 0 Å². The molecule has 4 aliphatic rings. The minimum atomic E-state index is -0.676. The molecule has 4 saturated carbocycles. The van der Waals surface area contributed by atoms with E-state index in [4.69, 9.17) is 0 Å². The van der Waals surface area contributed by atoms with Crippen molar-refractivity contribution in [3.8, 4) is 0 Å². The summed E-state index contributed by atoms with van der Waals surface area (Å²) in [6.07, 6.45) is 11.9. The lowest BCUT2D eigenvalue weighted by Crippen LogP contribution is -2.54. The number of benzene rings is 1. The molecule has 0 spiro atoms. The molecule has 40 heavy (non-hydrogen) atoms. The van der Waals surface area contributed by atoms with Crippen LogP contribution in [0.4, 0.5) is 11.4 Å². The Hall–Kier alpha value is -1.92. The zero-order valence-electron chi connectivity index (χ0n) is 25.1. The molecule has 4 aliphatic carbocycles. The third-order valence-electron chi connectivity index (χ3n) is 12.2. The maximum atomic E-state index is 12.8. The van der Waals surface area contributed by atoms with Crippen molar-refractivity contribution in [2.45, 2.75) is 117 Å². The van der Waals surface area contributed by atoms with Crippen LogP contribution < -0.4 is 10.6 Å². The van der Waals surface area contributed by atoms with E-state index in [9.17, 15) is 19.8 Å². The van der Waals surface area contributed by atoms with Crippen molar-refractivity contribution in [3.63, 3.8) is 0 Å². The molecule has 0 radical (unpaired) electrons. The molecule has 10 atom stereocenters. The van der Waals surface area contributed by atoms with E-state index in [0.29, 0.717) is 40.7 Å². The van der Waals surface area contributed by atoms with Gasteiger partial charge < -0.3 is 20.8 Å². The van der Waals surface area contributed by atoms with Crippen LogP contribution in [-0.4, -0.2) is 34.2 Å². The highest BCUT2D eigenvalue weighted by Gasteiger charge is 2.60. The molecule has 10 unspecified atom stereocenters. The van der Waals surface area contributed by atoms with Gasteiger partial charge in [-0.3, -0.25) is 9.59 Å². The summed E-state index contributed by atoms with van der Waals surface area (Å²) in [6, 6.07) is 7.17. The monoisotopic (exact) mass is 552 g/mol. The first-order valence-corrected chi connectivity index (χ1v) is 16.1. The van der Waals surface area contributed by atoms with Crippen LogP contribution in [0.2, 0.25) is 0 Å². The number of hydrogen-bond donors (Lipinski definition) is 4. The van der Waals surface area contributed by atoms with E-state index >= 15 is 0 Å². The second-order valence-electron chi connectivity index (χ2n) is 14.6. The fourth-order valence-electron chi connectivity index (χ4n) is 10.1. The van der Waals surface area contributed by atoms with Crippen molar-refractivity contribution in [1.82, 2.24) is 0 Å². The fraction of sp³-hybridized carbons (Fsp3) is 0.765. The molecule has 1 aromatic carbocycles. The number of aliphatic hydroxyl groups excluding tert-OH is 2. The van der Waals surface area contributed by atoms with Crippen molar-refractivity contribution in [2.24, 2.45) is 46.3 Å². The summed E-state index contributed by atoms with van der Waals surface area (Å²) >= 11 is 0. The number of nitrogens with one attached hydrogen (secondary N) is 2. The number of fused-ring (bicyclic) bond motifs is 5. The van der Waals surface area contributed by atoms with Crippen molar-refractivity contribution in [2.75, 3.05) is 10.6 Å². The van der Waals surface area contributed by atoms with Gasteiger partial charge in [0.15, 0.2) is 0 Å². The Morgan fingerprint density at radius 3 is 2.17 bits per heavy atom. The first kappa shape index (κ1) is 29.6. The second kappa shape index (κ2) is 11.8. The number of rotatable bonds is 8. The predicted octanol–water partition coefficient (Wildman–Crippen LogP) is 6.77. The highest BCUT2D eigenvalue weighted by atomic mass is 16.3. The molecule has 222 valence electrons. The summed E-state index contributed by atoms with van der Waals surface area (Å²) in [5, 5.41) is 25.5. The largest absolute Gasteiger partial charge is 0.393 e. The molecule has 6 heteroatoms. The minimum Gasteiger partial charge on any atom is -0.393 e. The summed E-state index contributed by atoms with van der Waals surface area (Å²) in [4.78, 5) is 24.7. The zero-order valence-corrected chi connectivity index (χ0v) is 25.1. The van der Waals surface area contributed by atoms with Crippen molar-refractivity contribution in [3.05, 3.63) is 24.3 Å². The second-order valence-corrected chi connectivity index (χ2v) is 14.6. The number of hydrogen-bond acceptors (Lipinski definition) is 4. The summed E-state index contributed by atoms with van der Waals surface area (Å²) < 4.78 is 0. The van der Waals surface area contributed by atoms with Crippen molar-refractivity contribution >= 4 is 23.2 Å². The van der Waals surface area contributed by atoms with Crippen LogP contribution >= 0.6 is 0 Å². The third kappa shape index (κ3) is 5.86. The van der Waals surface area contributed by atoms with Gasteiger partial charge in [0.25, 0.3) is 0 Å². The molecule has 0 saturated heterocycles. The lowest BCUT2D eigenvalue weighted by Gasteiger charge is -2.61. The van der Waals surface area contributed by atoms with Crippen LogP contribution in [0.3, 0.4) is 0 Å². The number of amides is 2. The van der Waals surface area contributed by atoms with Gasteiger partial charge in [0.05, 0.1) is 18.6 Å². The molecule has 0 bridgehead atoms. The number of aliphatic hydroxyl groups is 2. The van der Waals surface area contributed by atoms with E-state index in [-0.39, 0.29) is 24.3 Å². The first-order chi connectivity index (χ1) is 19.0. The summed E-state index contributed by atoms with van der Waals surface area (Å²) in [5.41, 5.74) is 2.20. The highest BCUT2D eigenvalue weighted by molar-refractivity contribution is 5.93. The number of carbonyl (C=O) groups excluding carboxylic acids is 2. The molecule has 0 heterocycles. The molecule has 5 rings (SSSR count). The fourth-order valence-corrected chi connectivity index (χ4v) is 10.1. The van der Waals surface area contributed by atoms with E-state index in [2.05, 4.69) is 31.4 Å². The standard InChI is InChI=1S/C34H52N2O4/c1-21(5-14-31(39)35-24-7-9-25(10-8-24)36-32(40)19-22(2)37)28-12-13-29-27-11-6-23-20-26(38)15-17-33(23,3)30(27)16-18-34(28,29)4/h7-10,21-23,26-30,37-38H,5-6,11-20H2,1-4H3,(H,35,39)(H,36,40). The van der Waals surface area contributed by atoms with Gasteiger partial charge >= 0.3 is 0 Å². The molecule has 0 aromatic heterocycles. The van der Waals surface area contributed by atoms with Gasteiger partial charge in [-0.05, 0) is 142 Å². The Balaban J connectivity index is 1.13. The van der Waals surface area contributed by atoms with Gasteiger partial charge in [-0.1, -0.05) is 20.8 Å². The van der Waals surface area contributed by atoms with Crippen molar-refractivity contribution in [1.29, 1.82) is 0 Å². The van der Waals surface area contributed by atoms with Crippen LogP contribution in [0.25, 0.3) is 0 Å². The van der Waals surface area contributed by atoms with Crippen LogP contribution in [0.5, 0.6) is 0 Å². The Labute approximate surface area is 241 Å². The van der Waals surface area contributed by atoms with Gasteiger partial charge in [-0.25, -0.2) is 0 Å². The average Bonchev–Trinajstić information content (AvgIpc) is 3.25. The molecule has 6 nitrogen and oxygen atoms in total. The predicted molar refractivity (Wildman–Crippen MR) is 160 cm³/mol. The van der Waals surface area contributed by atoms with E-state index in [1.807, 2.05) is 12.1 Å². The maximum Gasteiger partial charge on any atom is 0.226 e. The lowest BCUT2D eigenvalue weighted by atomic mass is 9.44. The van der Waals surface area contributed by atoms with Gasteiger partial charge in [-0.2, -0.15) is 0 Å². The van der Waals surface area contributed by atoms with Gasteiger partial charge in [0, 0.05) is 17.8 Å². The maximum absolute atomic E-state index is 12.8. The van der Waals surface area contributed by atoms with Gasteiger partial charge in [0.1, 0.15) is 0 Å². The Morgan fingerprint density at radius 2 is 1.50 bits per heavy atom. The average molecular weight is 553 g/mol. The van der Waals surface area contributed by atoms with E-state index in [1.165, 1.54) is 44.9 Å². The molecule has 2 amide bonds. The normalized spacial score (nSPS) is 38.4. The quantitative estimate of drug-likeness (QED) is 0.286. The van der Waals surface area contributed by atoms with Crippen LogP contribution in [-0.2, 0) is 9.59 Å². The van der Waals surface area contributed by atoms with E-state index in [1.54, 1.807) is 19.1 Å². The topological polar surface area (TPSA) is 98.7 Å². The van der Waals surface area contributed by atoms with Crippen LogP contribution in [0.1, 0.15) is 105 Å². The lowest BCUT2D eigenvalue weighted by molar-refractivity contribution is -0.129. The van der Waals surface area contributed by atoms with Gasteiger partial charge in [0.2, 0.25) is 11.8 Å². The summed E-state index contributed by atoms with van der Waals surface area (Å²) in [6.45, 7) is 9.12. The SMILES string of the molecule is CC(O)CC(=O)Nc1ccc(NC(=O)CCC(C)C2CCC3C4CCC5CC(O)CCC5(C)C4CCC23C)cc1. The Kier molecular flexibility index (Phi) is 8.69. The molecular weight excluding hydrogens is 500 g/mol.